The third kappa shape index (κ3) is 1.33. The Hall–Kier alpha value is -0.930. The smallest absolute Gasteiger partial charge is 0.176 e. The van der Waals surface area contributed by atoms with Gasteiger partial charge in [0.1, 0.15) is 0 Å². The molecule has 0 aliphatic heterocycles. The lowest BCUT2D eigenvalue weighted by Crippen LogP contribution is -2.00. The molecule has 4 N–H and O–H groups in total. The van der Waals surface area contributed by atoms with E-state index in [1.54, 1.807) is 6.92 Å². The topological polar surface area (TPSA) is 66.5 Å². The van der Waals surface area contributed by atoms with Gasteiger partial charge < -0.3 is 15.9 Å². The fourth-order valence-electron chi connectivity index (χ4n) is 1.04. The van der Waals surface area contributed by atoms with E-state index in [2.05, 4.69) is 0 Å². The van der Waals surface area contributed by atoms with Crippen LogP contribution in [0.4, 0.5) is 0 Å². The normalized spacial score (nSPS) is 10.2. The van der Waals surface area contributed by atoms with E-state index in [0.29, 0.717) is 5.56 Å². The van der Waals surface area contributed by atoms with Gasteiger partial charge in [0.2, 0.25) is 0 Å². The van der Waals surface area contributed by atoms with Gasteiger partial charge in [0.05, 0.1) is 5.02 Å². The van der Waals surface area contributed by atoms with Crippen molar-refractivity contribution in [2.75, 3.05) is 0 Å². The van der Waals surface area contributed by atoms with Crippen LogP contribution in [-0.4, -0.2) is 10.2 Å². The van der Waals surface area contributed by atoms with Crippen LogP contribution in [0.2, 0.25) is 5.02 Å². The minimum absolute atomic E-state index is 0.134. The van der Waals surface area contributed by atoms with Crippen LogP contribution in [0, 0.1) is 6.92 Å². The summed E-state index contributed by atoms with van der Waals surface area (Å²) in [7, 11) is 0. The van der Waals surface area contributed by atoms with E-state index >= 15 is 0 Å². The first-order valence-corrected chi connectivity index (χ1v) is 3.85. The Morgan fingerprint density at radius 3 is 2.58 bits per heavy atom. The summed E-state index contributed by atoms with van der Waals surface area (Å²) < 4.78 is 0. The molecule has 12 heavy (non-hydrogen) atoms. The first-order chi connectivity index (χ1) is 5.57. The van der Waals surface area contributed by atoms with Gasteiger partial charge in [-0.15, -0.1) is 0 Å². The van der Waals surface area contributed by atoms with Crippen LogP contribution in [0.15, 0.2) is 6.07 Å². The highest BCUT2D eigenvalue weighted by Gasteiger charge is 2.11. The predicted octanol–water partition coefficient (Wildman–Crippen LogP) is 1.52. The lowest BCUT2D eigenvalue weighted by atomic mass is 10.1. The van der Waals surface area contributed by atoms with Crippen LogP contribution in [-0.2, 0) is 6.54 Å². The molecule has 0 unspecified atom stereocenters. The van der Waals surface area contributed by atoms with Crippen LogP contribution in [0.3, 0.4) is 0 Å². The number of phenols is 2. The highest BCUT2D eigenvalue weighted by molar-refractivity contribution is 6.33. The lowest BCUT2D eigenvalue weighted by molar-refractivity contribution is 0.403. The second kappa shape index (κ2) is 3.21. The van der Waals surface area contributed by atoms with Crippen LogP contribution in [0.25, 0.3) is 0 Å². The Kier molecular flexibility index (Phi) is 2.45. The second-order valence-electron chi connectivity index (χ2n) is 2.56. The monoisotopic (exact) mass is 187 g/mol. The Balaban J connectivity index is 3.40. The van der Waals surface area contributed by atoms with Gasteiger partial charge in [-0.2, -0.15) is 0 Å². The number of aryl methyl sites for hydroxylation is 1. The fraction of sp³-hybridized carbons (Fsp3) is 0.250. The van der Waals surface area contributed by atoms with Crippen molar-refractivity contribution in [3.63, 3.8) is 0 Å². The molecule has 4 heteroatoms. The quantitative estimate of drug-likeness (QED) is 0.584. The van der Waals surface area contributed by atoms with E-state index in [4.69, 9.17) is 22.4 Å². The van der Waals surface area contributed by atoms with Gasteiger partial charge in [0, 0.05) is 6.54 Å². The van der Waals surface area contributed by atoms with Crippen molar-refractivity contribution in [2.45, 2.75) is 13.5 Å². The van der Waals surface area contributed by atoms with E-state index in [1.165, 1.54) is 6.07 Å². The van der Waals surface area contributed by atoms with Crippen LogP contribution < -0.4 is 5.73 Å². The minimum atomic E-state index is -0.303. The molecule has 0 atom stereocenters. The SMILES string of the molecule is Cc1cc(O)c(O)c(Cl)c1CN. The molecule has 3 nitrogen and oxygen atoms in total. The van der Waals surface area contributed by atoms with Crippen molar-refractivity contribution >= 4 is 11.6 Å². The third-order valence-electron chi connectivity index (χ3n) is 1.75. The molecule has 66 valence electrons. The van der Waals surface area contributed by atoms with Gasteiger partial charge in [0.15, 0.2) is 11.5 Å². The summed E-state index contributed by atoms with van der Waals surface area (Å²) in [5, 5.41) is 18.5. The molecule has 0 aliphatic carbocycles. The van der Waals surface area contributed by atoms with Crippen LogP contribution >= 0.6 is 11.6 Å². The van der Waals surface area contributed by atoms with Gasteiger partial charge in [-0.25, -0.2) is 0 Å². The number of hydrogen-bond acceptors (Lipinski definition) is 3. The third-order valence-corrected chi connectivity index (χ3v) is 2.16. The molecule has 1 aromatic rings. The average Bonchev–Trinajstić information content (AvgIpc) is 2.01. The van der Waals surface area contributed by atoms with Gasteiger partial charge in [-0.3, -0.25) is 0 Å². The number of phenolic OH excluding ortho intramolecular Hbond substituents is 2. The molecule has 0 saturated heterocycles. The molecule has 0 radical (unpaired) electrons. The van der Waals surface area contributed by atoms with E-state index < -0.39 is 0 Å². The molecule has 0 saturated carbocycles. The summed E-state index contributed by atoms with van der Waals surface area (Å²) in [4.78, 5) is 0. The zero-order chi connectivity index (χ0) is 9.30. The van der Waals surface area contributed by atoms with Crippen molar-refractivity contribution in [3.05, 3.63) is 22.2 Å². The van der Waals surface area contributed by atoms with Gasteiger partial charge in [-0.05, 0) is 24.1 Å². The molecule has 0 bridgehead atoms. The van der Waals surface area contributed by atoms with Gasteiger partial charge in [-0.1, -0.05) is 11.6 Å². The largest absolute Gasteiger partial charge is 0.504 e. The van der Waals surface area contributed by atoms with Crippen molar-refractivity contribution in [1.29, 1.82) is 0 Å². The second-order valence-corrected chi connectivity index (χ2v) is 2.94. The molecule has 1 aromatic carbocycles. The summed E-state index contributed by atoms with van der Waals surface area (Å²) in [6.45, 7) is 2.02. The average molecular weight is 188 g/mol. The van der Waals surface area contributed by atoms with Crippen molar-refractivity contribution in [3.8, 4) is 11.5 Å². The Labute approximate surface area is 75.4 Å². The first-order valence-electron chi connectivity index (χ1n) is 3.48. The van der Waals surface area contributed by atoms with E-state index in [9.17, 15) is 5.11 Å². The molecule has 0 aromatic heterocycles. The number of nitrogens with two attached hydrogens (primary N) is 1. The Bertz CT molecular complexity index is 312. The summed E-state index contributed by atoms with van der Waals surface area (Å²) in [5.41, 5.74) is 6.83. The molecule has 0 aliphatic rings. The molecule has 1 rings (SSSR count). The number of aromatic hydroxyl groups is 2. The molecule has 0 fully saturated rings. The summed E-state index contributed by atoms with van der Waals surface area (Å²) in [6, 6.07) is 1.43. The van der Waals surface area contributed by atoms with Gasteiger partial charge in [0.25, 0.3) is 0 Å². The molecular weight excluding hydrogens is 178 g/mol. The molecule has 0 heterocycles. The number of rotatable bonds is 1. The van der Waals surface area contributed by atoms with Crippen LogP contribution in [0.5, 0.6) is 11.5 Å². The summed E-state index contributed by atoms with van der Waals surface area (Å²) in [6.07, 6.45) is 0. The molecule has 0 amide bonds. The summed E-state index contributed by atoms with van der Waals surface area (Å²) >= 11 is 5.71. The van der Waals surface area contributed by atoms with E-state index in [-0.39, 0.29) is 23.1 Å². The summed E-state index contributed by atoms with van der Waals surface area (Å²) in [5.74, 6) is -0.516. The van der Waals surface area contributed by atoms with Crippen molar-refractivity contribution in [1.82, 2.24) is 0 Å². The molecule has 0 spiro atoms. The van der Waals surface area contributed by atoms with Crippen molar-refractivity contribution in [2.24, 2.45) is 5.73 Å². The van der Waals surface area contributed by atoms with Crippen molar-refractivity contribution < 1.29 is 10.2 Å². The Morgan fingerprint density at radius 1 is 1.50 bits per heavy atom. The Morgan fingerprint density at radius 2 is 2.08 bits per heavy atom. The van der Waals surface area contributed by atoms with Crippen LogP contribution in [0.1, 0.15) is 11.1 Å². The predicted molar refractivity (Wildman–Crippen MR) is 47.4 cm³/mol. The van der Waals surface area contributed by atoms with E-state index in [0.717, 1.165) is 5.56 Å². The molecular formula is C8H10ClNO2. The highest BCUT2D eigenvalue weighted by Crippen LogP contribution is 2.37. The zero-order valence-electron chi connectivity index (χ0n) is 6.63. The lowest BCUT2D eigenvalue weighted by Gasteiger charge is -2.08. The first kappa shape index (κ1) is 9.16. The standard InChI is InChI=1S/C8H10ClNO2/c1-4-2-6(11)8(12)7(9)5(4)3-10/h2,11-12H,3,10H2,1H3. The highest BCUT2D eigenvalue weighted by atomic mass is 35.5. The maximum absolute atomic E-state index is 9.21. The number of hydrogen-bond donors (Lipinski definition) is 3. The van der Waals surface area contributed by atoms with Gasteiger partial charge >= 0.3 is 0 Å². The number of halogens is 1. The zero-order valence-corrected chi connectivity index (χ0v) is 7.39. The van der Waals surface area contributed by atoms with E-state index in [1.807, 2.05) is 0 Å². The number of benzene rings is 1. The maximum atomic E-state index is 9.21. The maximum Gasteiger partial charge on any atom is 0.176 e. The minimum Gasteiger partial charge on any atom is -0.504 e. The fourth-order valence-corrected chi connectivity index (χ4v) is 1.36.